The topological polar surface area (TPSA) is 88.2 Å². The van der Waals surface area contributed by atoms with Crippen LogP contribution in [0, 0.1) is 0 Å². The third-order valence-electron chi connectivity index (χ3n) is 4.70. The molecule has 0 saturated carbocycles. The van der Waals surface area contributed by atoms with Gasteiger partial charge in [-0.3, -0.25) is 9.59 Å². The molecule has 0 spiro atoms. The van der Waals surface area contributed by atoms with Crippen LogP contribution < -0.4 is 10.1 Å². The van der Waals surface area contributed by atoms with Crippen molar-refractivity contribution in [1.82, 2.24) is 15.1 Å². The molecule has 1 aliphatic heterocycles. The molecule has 0 aromatic heterocycles. The standard InChI is InChI=1S/C22H33N3O5/c1-5-17-8-6-7-9-18(17)29-16-20(27)25-14-12-24(13-15-25)19(26)10-11-23-21(28)30-22(2,3)4/h6-9H,5,10-16H2,1-4H3,(H,23,28). The largest absolute Gasteiger partial charge is 0.483 e. The number of nitrogens with one attached hydrogen (secondary N) is 1. The van der Waals surface area contributed by atoms with Crippen molar-refractivity contribution in [2.24, 2.45) is 0 Å². The number of ether oxygens (including phenoxy) is 2. The first-order valence-electron chi connectivity index (χ1n) is 10.4. The number of hydrogen-bond acceptors (Lipinski definition) is 5. The third kappa shape index (κ3) is 7.57. The zero-order chi connectivity index (χ0) is 22.1. The summed E-state index contributed by atoms with van der Waals surface area (Å²) in [5.74, 6) is 0.602. The normalized spacial score (nSPS) is 14.3. The molecule has 0 bridgehead atoms. The van der Waals surface area contributed by atoms with Crippen molar-refractivity contribution in [2.75, 3.05) is 39.3 Å². The highest BCUT2D eigenvalue weighted by Crippen LogP contribution is 2.18. The van der Waals surface area contributed by atoms with E-state index in [4.69, 9.17) is 9.47 Å². The maximum atomic E-state index is 12.4. The minimum absolute atomic E-state index is 0.00916. The molecule has 0 atom stereocenters. The lowest BCUT2D eigenvalue weighted by molar-refractivity contribution is -0.140. The molecule has 1 aromatic carbocycles. The number of alkyl carbamates (subject to hydrolysis) is 1. The van der Waals surface area contributed by atoms with Gasteiger partial charge in [0, 0.05) is 39.1 Å². The molecule has 8 heteroatoms. The van der Waals surface area contributed by atoms with E-state index in [9.17, 15) is 14.4 Å². The van der Waals surface area contributed by atoms with Crippen LogP contribution in [0.3, 0.4) is 0 Å². The molecule has 1 heterocycles. The van der Waals surface area contributed by atoms with Crippen LogP contribution in [0.25, 0.3) is 0 Å². The number of hydrogen-bond donors (Lipinski definition) is 1. The van der Waals surface area contributed by atoms with Gasteiger partial charge in [0.1, 0.15) is 11.4 Å². The summed E-state index contributed by atoms with van der Waals surface area (Å²) >= 11 is 0. The summed E-state index contributed by atoms with van der Waals surface area (Å²) in [5, 5.41) is 2.59. The van der Waals surface area contributed by atoms with Crippen molar-refractivity contribution < 1.29 is 23.9 Å². The van der Waals surface area contributed by atoms with Gasteiger partial charge >= 0.3 is 6.09 Å². The van der Waals surface area contributed by atoms with E-state index in [1.54, 1.807) is 30.6 Å². The second-order valence-electron chi connectivity index (χ2n) is 8.19. The van der Waals surface area contributed by atoms with Crippen LogP contribution in [0.15, 0.2) is 24.3 Å². The van der Waals surface area contributed by atoms with Crippen molar-refractivity contribution in [3.63, 3.8) is 0 Å². The van der Waals surface area contributed by atoms with Gasteiger partial charge in [0.15, 0.2) is 6.61 Å². The van der Waals surface area contributed by atoms with Gasteiger partial charge in [-0.15, -0.1) is 0 Å². The smallest absolute Gasteiger partial charge is 0.407 e. The predicted molar refractivity (Wildman–Crippen MR) is 113 cm³/mol. The molecular weight excluding hydrogens is 386 g/mol. The molecule has 8 nitrogen and oxygen atoms in total. The minimum atomic E-state index is -0.570. The Morgan fingerprint density at radius 1 is 1.00 bits per heavy atom. The number of para-hydroxylation sites is 1. The number of carbonyl (C=O) groups is 3. The second kappa shape index (κ2) is 10.8. The Balaban J connectivity index is 1.69. The minimum Gasteiger partial charge on any atom is -0.483 e. The quantitative estimate of drug-likeness (QED) is 0.732. The molecule has 3 amide bonds. The Labute approximate surface area is 178 Å². The van der Waals surface area contributed by atoms with Gasteiger partial charge in [-0.1, -0.05) is 25.1 Å². The summed E-state index contributed by atoms with van der Waals surface area (Å²) in [7, 11) is 0. The Bertz CT molecular complexity index is 737. The van der Waals surface area contributed by atoms with E-state index >= 15 is 0 Å². The van der Waals surface area contributed by atoms with Gasteiger partial charge in [-0.25, -0.2) is 4.79 Å². The third-order valence-corrected chi connectivity index (χ3v) is 4.70. The van der Waals surface area contributed by atoms with E-state index in [0.29, 0.717) is 26.2 Å². The first-order chi connectivity index (χ1) is 14.2. The van der Waals surface area contributed by atoms with E-state index in [0.717, 1.165) is 17.7 Å². The Hall–Kier alpha value is -2.77. The maximum Gasteiger partial charge on any atom is 0.407 e. The molecule has 0 radical (unpaired) electrons. The van der Waals surface area contributed by atoms with Crippen molar-refractivity contribution in [3.8, 4) is 5.75 Å². The number of rotatable bonds is 7. The molecule has 1 saturated heterocycles. The fourth-order valence-electron chi connectivity index (χ4n) is 3.12. The lowest BCUT2D eigenvalue weighted by Crippen LogP contribution is -2.52. The summed E-state index contributed by atoms with van der Waals surface area (Å²) in [6, 6.07) is 7.70. The van der Waals surface area contributed by atoms with Crippen molar-refractivity contribution in [3.05, 3.63) is 29.8 Å². The Morgan fingerprint density at radius 2 is 1.60 bits per heavy atom. The van der Waals surface area contributed by atoms with Crippen LogP contribution in [0.1, 0.15) is 39.7 Å². The van der Waals surface area contributed by atoms with Gasteiger partial charge in [-0.2, -0.15) is 0 Å². The van der Waals surface area contributed by atoms with E-state index in [-0.39, 0.29) is 31.4 Å². The molecule has 0 unspecified atom stereocenters. The average Bonchev–Trinajstić information content (AvgIpc) is 2.70. The summed E-state index contributed by atoms with van der Waals surface area (Å²) in [6.07, 6.45) is 0.508. The van der Waals surface area contributed by atoms with Crippen molar-refractivity contribution >= 4 is 17.9 Å². The van der Waals surface area contributed by atoms with E-state index in [2.05, 4.69) is 5.32 Å². The summed E-state index contributed by atoms with van der Waals surface area (Å²) in [6.45, 7) is 9.51. The Kier molecular flexibility index (Phi) is 8.50. The van der Waals surface area contributed by atoms with Crippen LogP contribution in [0.2, 0.25) is 0 Å². The van der Waals surface area contributed by atoms with E-state index < -0.39 is 11.7 Å². The number of benzene rings is 1. The Morgan fingerprint density at radius 3 is 2.20 bits per heavy atom. The lowest BCUT2D eigenvalue weighted by atomic mass is 10.1. The molecule has 1 aliphatic rings. The van der Waals surface area contributed by atoms with Crippen LogP contribution in [-0.4, -0.2) is 72.6 Å². The molecular formula is C22H33N3O5. The number of piperazine rings is 1. The molecule has 1 aromatic rings. The number of amides is 3. The van der Waals surface area contributed by atoms with E-state index in [1.165, 1.54) is 0 Å². The van der Waals surface area contributed by atoms with Crippen LogP contribution in [-0.2, 0) is 20.7 Å². The molecule has 0 aliphatic carbocycles. The SMILES string of the molecule is CCc1ccccc1OCC(=O)N1CCN(C(=O)CCNC(=O)OC(C)(C)C)CC1. The maximum absolute atomic E-state index is 12.4. The highest BCUT2D eigenvalue weighted by Gasteiger charge is 2.24. The van der Waals surface area contributed by atoms with Gasteiger partial charge in [0.2, 0.25) is 5.91 Å². The molecule has 1 fully saturated rings. The number of nitrogens with zero attached hydrogens (tertiary/aromatic N) is 2. The van der Waals surface area contributed by atoms with Gasteiger partial charge in [-0.05, 0) is 38.8 Å². The number of aryl methyl sites for hydroxylation is 1. The lowest BCUT2D eigenvalue weighted by Gasteiger charge is -2.34. The van der Waals surface area contributed by atoms with Gasteiger partial charge in [0.25, 0.3) is 5.91 Å². The zero-order valence-electron chi connectivity index (χ0n) is 18.4. The molecule has 30 heavy (non-hydrogen) atoms. The van der Waals surface area contributed by atoms with Gasteiger partial charge < -0.3 is 24.6 Å². The highest BCUT2D eigenvalue weighted by atomic mass is 16.6. The number of carbonyl (C=O) groups excluding carboxylic acids is 3. The molecule has 1 N–H and O–H groups in total. The fraction of sp³-hybridized carbons (Fsp3) is 0.591. The zero-order valence-corrected chi connectivity index (χ0v) is 18.4. The first-order valence-corrected chi connectivity index (χ1v) is 10.4. The predicted octanol–water partition coefficient (Wildman–Crippen LogP) is 2.21. The van der Waals surface area contributed by atoms with Crippen molar-refractivity contribution in [2.45, 2.75) is 46.1 Å². The highest BCUT2D eigenvalue weighted by molar-refractivity contribution is 5.79. The average molecular weight is 420 g/mol. The van der Waals surface area contributed by atoms with Crippen LogP contribution in [0.5, 0.6) is 5.75 Å². The van der Waals surface area contributed by atoms with Crippen LogP contribution >= 0.6 is 0 Å². The molecule has 166 valence electrons. The molecule has 2 rings (SSSR count). The second-order valence-corrected chi connectivity index (χ2v) is 8.19. The summed E-state index contributed by atoms with van der Waals surface area (Å²) in [4.78, 5) is 39.8. The first kappa shape index (κ1) is 23.5. The van der Waals surface area contributed by atoms with Gasteiger partial charge in [0.05, 0.1) is 0 Å². The van der Waals surface area contributed by atoms with Crippen molar-refractivity contribution in [1.29, 1.82) is 0 Å². The summed E-state index contributed by atoms with van der Waals surface area (Å²) < 4.78 is 10.8. The fourth-order valence-corrected chi connectivity index (χ4v) is 3.12. The monoisotopic (exact) mass is 419 g/mol. The van der Waals surface area contributed by atoms with E-state index in [1.807, 2.05) is 31.2 Å². The van der Waals surface area contributed by atoms with Crippen LogP contribution in [0.4, 0.5) is 4.79 Å². The summed E-state index contributed by atoms with van der Waals surface area (Å²) in [5.41, 5.74) is 0.500.